The lowest BCUT2D eigenvalue weighted by atomic mass is 10.1. The fourth-order valence-corrected chi connectivity index (χ4v) is 3.44. The molecule has 0 spiro atoms. The van der Waals surface area contributed by atoms with Crippen LogP contribution in [0.4, 0.5) is 0 Å². The highest BCUT2D eigenvalue weighted by Crippen LogP contribution is 2.51. The average Bonchev–Trinajstić information content (AvgIpc) is 2.97. The molecule has 92 valence electrons. The summed E-state index contributed by atoms with van der Waals surface area (Å²) in [6.45, 7) is 0. The normalized spacial score (nSPS) is 16.8. The lowest BCUT2D eigenvalue weighted by Gasteiger charge is -2.11. The zero-order chi connectivity index (χ0) is 12.3. The number of carboxylic acid groups (broad SMARTS) is 1. The molecule has 1 aliphatic rings. The molecule has 2 nitrogen and oxygen atoms in total. The first kappa shape index (κ1) is 12.8. The van der Waals surface area contributed by atoms with Crippen LogP contribution >= 0.6 is 23.4 Å². The lowest BCUT2D eigenvalue weighted by Crippen LogP contribution is -2.11. The molecule has 0 radical (unpaired) electrons. The Hall–Kier alpha value is -0.670. The van der Waals surface area contributed by atoms with Gasteiger partial charge in [0.25, 0.3) is 0 Å². The molecule has 0 aromatic heterocycles. The summed E-state index contributed by atoms with van der Waals surface area (Å²) >= 11 is 7.71. The van der Waals surface area contributed by atoms with Gasteiger partial charge in [-0.2, -0.15) is 11.8 Å². The average molecular weight is 271 g/mol. The first-order valence-electron chi connectivity index (χ1n) is 5.64. The second-order valence-electron chi connectivity index (χ2n) is 4.69. The minimum absolute atomic E-state index is 0.0784. The van der Waals surface area contributed by atoms with Gasteiger partial charge in [-0.15, -0.1) is 0 Å². The van der Waals surface area contributed by atoms with Crippen molar-refractivity contribution in [1.29, 1.82) is 0 Å². The summed E-state index contributed by atoms with van der Waals surface area (Å²) in [4.78, 5) is 10.7. The first-order chi connectivity index (χ1) is 8.10. The number of hydrogen-bond acceptors (Lipinski definition) is 2. The standard InChI is InChI=1S/C13H15ClO2S/c14-11-3-1-2-10(6-11)8-17-9-13(4-5-13)7-12(15)16/h1-3,6H,4-5,7-9H2,(H,15,16). The predicted molar refractivity (Wildman–Crippen MR) is 71.5 cm³/mol. The highest BCUT2D eigenvalue weighted by Gasteiger charge is 2.43. The molecule has 0 atom stereocenters. The van der Waals surface area contributed by atoms with Crippen molar-refractivity contribution in [2.24, 2.45) is 5.41 Å². The van der Waals surface area contributed by atoms with Gasteiger partial charge in [-0.1, -0.05) is 23.7 Å². The molecule has 0 heterocycles. The van der Waals surface area contributed by atoms with Crippen molar-refractivity contribution >= 4 is 29.3 Å². The van der Waals surface area contributed by atoms with E-state index in [1.807, 2.05) is 18.2 Å². The second-order valence-corrected chi connectivity index (χ2v) is 6.12. The van der Waals surface area contributed by atoms with Gasteiger partial charge in [0.05, 0.1) is 6.42 Å². The maximum absolute atomic E-state index is 10.7. The van der Waals surface area contributed by atoms with Gasteiger partial charge in [0.2, 0.25) is 0 Å². The molecule has 0 bridgehead atoms. The van der Waals surface area contributed by atoms with E-state index in [4.69, 9.17) is 16.7 Å². The largest absolute Gasteiger partial charge is 0.481 e. The van der Waals surface area contributed by atoms with Crippen LogP contribution in [0.15, 0.2) is 24.3 Å². The van der Waals surface area contributed by atoms with Crippen LogP contribution in [0.1, 0.15) is 24.8 Å². The minimum Gasteiger partial charge on any atom is -0.481 e. The van der Waals surface area contributed by atoms with Crippen LogP contribution in [-0.2, 0) is 10.5 Å². The third-order valence-corrected chi connectivity index (χ3v) is 4.64. The molecule has 1 aromatic carbocycles. The van der Waals surface area contributed by atoms with Crippen molar-refractivity contribution in [2.75, 3.05) is 5.75 Å². The molecule has 4 heteroatoms. The maximum atomic E-state index is 10.7. The molecule has 1 fully saturated rings. The Bertz CT molecular complexity index is 416. The summed E-state index contributed by atoms with van der Waals surface area (Å²) in [5.41, 5.74) is 1.28. The molecular weight excluding hydrogens is 256 g/mol. The molecule has 1 aromatic rings. The van der Waals surface area contributed by atoms with Crippen LogP contribution in [0.3, 0.4) is 0 Å². The van der Waals surface area contributed by atoms with Gasteiger partial charge in [-0.25, -0.2) is 0 Å². The Morgan fingerprint density at radius 2 is 2.24 bits per heavy atom. The van der Waals surface area contributed by atoms with E-state index in [1.165, 1.54) is 5.56 Å². The summed E-state index contributed by atoms with van der Waals surface area (Å²) in [5.74, 6) is 1.17. The van der Waals surface area contributed by atoms with Gasteiger partial charge in [0.15, 0.2) is 0 Å². The van der Waals surface area contributed by atoms with Gasteiger partial charge in [-0.3, -0.25) is 4.79 Å². The van der Waals surface area contributed by atoms with Crippen LogP contribution in [0.2, 0.25) is 5.02 Å². The number of hydrogen-bond donors (Lipinski definition) is 1. The Labute approximate surface area is 110 Å². The van der Waals surface area contributed by atoms with E-state index in [0.717, 1.165) is 29.4 Å². The summed E-state index contributed by atoms with van der Waals surface area (Å²) in [6.07, 6.45) is 2.43. The number of rotatable bonds is 6. The van der Waals surface area contributed by atoms with Crippen molar-refractivity contribution in [1.82, 2.24) is 0 Å². The van der Waals surface area contributed by atoms with Gasteiger partial charge < -0.3 is 5.11 Å². The van der Waals surface area contributed by atoms with E-state index in [2.05, 4.69) is 6.07 Å². The van der Waals surface area contributed by atoms with Crippen LogP contribution < -0.4 is 0 Å². The zero-order valence-electron chi connectivity index (χ0n) is 9.49. The second kappa shape index (κ2) is 5.32. The van der Waals surface area contributed by atoms with Gasteiger partial charge in [-0.05, 0) is 41.7 Å². The van der Waals surface area contributed by atoms with Gasteiger partial charge in [0, 0.05) is 10.8 Å². The molecule has 2 rings (SSSR count). The first-order valence-corrected chi connectivity index (χ1v) is 7.17. The highest BCUT2D eigenvalue weighted by molar-refractivity contribution is 7.98. The molecule has 0 amide bonds. The van der Waals surface area contributed by atoms with E-state index in [9.17, 15) is 4.79 Å². The Kier molecular flexibility index (Phi) is 4.00. The molecule has 0 aliphatic heterocycles. The van der Waals surface area contributed by atoms with E-state index in [1.54, 1.807) is 11.8 Å². The minimum atomic E-state index is -0.675. The fraction of sp³-hybridized carbons (Fsp3) is 0.462. The van der Waals surface area contributed by atoms with Crippen molar-refractivity contribution in [3.05, 3.63) is 34.9 Å². The van der Waals surface area contributed by atoms with Crippen molar-refractivity contribution < 1.29 is 9.90 Å². The molecule has 0 unspecified atom stereocenters. The van der Waals surface area contributed by atoms with Crippen molar-refractivity contribution in [2.45, 2.75) is 25.0 Å². The smallest absolute Gasteiger partial charge is 0.303 e. The Morgan fingerprint density at radius 3 is 2.82 bits per heavy atom. The number of benzene rings is 1. The monoisotopic (exact) mass is 270 g/mol. The van der Waals surface area contributed by atoms with Gasteiger partial charge >= 0.3 is 5.97 Å². The van der Waals surface area contributed by atoms with E-state index in [-0.39, 0.29) is 5.41 Å². The summed E-state index contributed by atoms with van der Waals surface area (Å²) in [7, 11) is 0. The number of carboxylic acids is 1. The van der Waals surface area contributed by atoms with Crippen LogP contribution in [0.5, 0.6) is 0 Å². The third-order valence-electron chi connectivity index (χ3n) is 3.05. The highest BCUT2D eigenvalue weighted by atomic mass is 35.5. The quantitative estimate of drug-likeness (QED) is 0.854. The van der Waals surface area contributed by atoms with Crippen LogP contribution in [0, 0.1) is 5.41 Å². The topological polar surface area (TPSA) is 37.3 Å². The van der Waals surface area contributed by atoms with Crippen molar-refractivity contribution in [3.8, 4) is 0 Å². The number of carbonyl (C=O) groups is 1. The molecule has 17 heavy (non-hydrogen) atoms. The van der Waals surface area contributed by atoms with Gasteiger partial charge in [0.1, 0.15) is 0 Å². The third kappa shape index (κ3) is 3.93. The fourth-order valence-electron chi connectivity index (χ4n) is 1.88. The van der Waals surface area contributed by atoms with Crippen LogP contribution in [-0.4, -0.2) is 16.8 Å². The van der Waals surface area contributed by atoms with E-state index < -0.39 is 5.97 Å². The molecular formula is C13H15ClO2S. The van der Waals surface area contributed by atoms with Crippen LogP contribution in [0.25, 0.3) is 0 Å². The molecule has 0 saturated heterocycles. The van der Waals surface area contributed by atoms with E-state index >= 15 is 0 Å². The molecule has 1 saturated carbocycles. The number of halogens is 1. The Morgan fingerprint density at radius 1 is 1.47 bits per heavy atom. The number of aliphatic carboxylic acids is 1. The van der Waals surface area contributed by atoms with Crippen molar-refractivity contribution in [3.63, 3.8) is 0 Å². The number of thioether (sulfide) groups is 1. The predicted octanol–water partition coefficient (Wildman–Crippen LogP) is 3.83. The molecule has 1 N–H and O–H groups in total. The summed E-state index contributed by atoms with van der Waals surface area (Å²) < 4.78 is 0. The van der Waals surface area contributed by atoms with E-state index in [0.29, 0.717) is 6.42 Å². The zero-order valence-corrected chi connectivity index (χ0v) is 11.1. The SMILES string of the molecule is O=C(O)CC1(CSCc2cccc(Cl)c2)CC1. The summed E-state index contributed by atoms with van der Waals surface area (Å²) in [6, 6.07) is 7.83. The maximum Gasteiger partial charge on any atom is 0.303 e. The Balaban J connectivity index is 1.78. The summed E-state index contributed by atoms with van der Waals surface area (Å²) in [5, 5.41) is 9.57. The lowest BCUT2D eigenvalue weighted by molar-refractivity contribution is -0.138. The molecule has 1 aliphatic carbocycles.